The van der Waals surface area contributed by atoms with Crippen LogP contribution in [-0.4, -0.2) is 44.8 Å². The molecule has 1 saturated heterocycles. The lowest BCUT2D eigenvalue weighted by molar-refractivity contribution is -0.240. The van der Waals surface area contributed by atoms with Crippen molar-refractivity contribution in [2.75, 3.05) is 6.61 Å². The second-order valence-electron chi connectivity index (χ2n) is 18.3. The minimum absolute atomic E-state index is 0.163. The molecule has 9 rings (SSSR count). The van der Waals surface area contributed by atoms with Crippen LogP contribution in [0.5, 0.6) is 0 Å². The molecule has 0 aromatic heterocycles. The van der Waals surface area contributed by atoms with Gasteiger partial charge >= 0.3 is 0 Å². The van der Waals surface area contributed by atoms with E-state index in [-0.39, 0.29) is 11.6 Å². The highest BCUT2D eigenvalue weighted by molar-refractivity contribution is 7.99. The number of ether oxygens (including phenoxy) is 4. The molecule has 5 atom stereocenters. The Labute approximate surface area is 408 Å². The van der Waals surface area contributed by atoms with Crippen LogP contribution in [0.4, 0.5) is 0 Å². The Bertz CT molecular complexity index is 2570. The zero-order valence-corrected chi connectivity index (χ0v) is 40.9. The number of hydrogen-bond donors (Lipinski definition) is 0. The summed E-state index contributed by atoms with van der Waals surface area (Å²) in [6.45, 7) is 7.81. The van der Waals surface area contributed by atoms with Crippen LogP contribution in [0.3, 0.4) is 0 Å². The Balaban J connectivity index is 1.24. The van der Waals surface area contributed by atoms with Crippen LogP contribution in [0.2, 0.25) is 5.04 Å². The lowest BCUT2D eigenvalue weighted by Gasteiger charge is -2.52. The second kappa shape index (κ2) is 22.0. The van der Waals surface area contributed by atoms with Crippen LogP contribution in [0.1, 0.15) is 48.6 Å². The molecule has 68 heavy (non-hydrogen) atoms. The Hall–Kier alpha value is -5.87. The molecule has 0 saturated carbocycles. The smallest absolute Gasteiger partial charge is 0.261 e. The summed E-state index contributed by atoms with van der Waals surface area (Å²) in [4.78, 5) is 1.06. The van der Waals surface area contributed by atoms with Gasteiger partial charge in [0.2, 0.25) is 0 Å². The van der Waals surface area contributed by atoms with Crippen LogP contribution >= 0.6 is 11.8 Å². The maximum Gasteiger partial charge on any atom is 0.261 e. The minimum Gasteiger partial charge on any atom is -0.399 e. The Morgan fingerprint density at radius 2 is 0.809 bits per heavy atom. The largest absolute Gasteiger partial charge is 0.399 e. The molecule has 7 heteroatoms. The quantitative estimate of drug-likeness (QED) is 0.0631. The van der Waals surface area contributed by atoms with Gasteiger partial charge in [-0.15, -0.1) is 0 Å². The summed E-state index contributed by atoms with van der Waals surface area (Å²) >= 11 is 1.66. The van der Waals surface area contributed by atoms with Crippen molar-refractivity contribution in [2.24, 2.45) is 0 Å². The first kappa shape index (κ1) is 47.2. The van der Waals surface area contributed by atoms with Gasteiger partial charge in [0.05, 0.1) is 19.8 Å². The van der Waals surface area contributed by atoms with E-state index in [4.69, 9.17) is 23.4 Å². The molecule has 0 radical (unpaired) electrons. The van der Waals surface area contributed by atoms with Crippen molar-refractivity contribution in [1.82, 2.24) is 0 Å². The van der Waals surface area contributed by atoms with Gasteiger partial charge < -0.3 is 23.4 Å². The number of rotatable bonds is 18. The van der Waals surface area contributed by atoms with Gasteiger partial charge in [0.25, 0.3) is 8.32 Å². The number of hydrogen-bond acceptors (Lipinski definition) is 6. The molecule has 5 nitrogen and oxygen atoms in total. The van der Waals surface area contributed by atoms with Gasteiger partial charge in [-0.05, 0) is 55.4 Å². The highest BCUT2D eigenvalue weighted by atomic mass is 32.2. The summed E-state index contributed by atoms with van der Waals surface area (Å²) in [5.41, 5.74) is 3.60. The third-order valence-electron chi connectivity index (χ3n) is 12.9. The van der Waals surface area contributed by atoms with Gasteiger partial charge in [-0.3, -0.25) is 0 Å². The molecule has 0 unspecified atom stereocenters. The summed E-state index contributed by atoms with van der Waals surface area (Å²) in [5.74, 6) is 0. The molecule has 0 spiro atoms. The molecule has 344 valence electrons. The monoisotopic (exact) mass is 932 g/mol. The Morgan fingerprint density at radius 1 is 0.441 bits per heavy atom. The van der Waals surface area contributed by atoms with Gasteiger partial charge in [0.1, 0.15) is 35.5 Å². The molecule has 1 fully saturated rings. The summed E-state index contributed by atoms with van der Waals surface area (Å²) in [6.07, 6.45) is -2.53. The van der Waals surface area contributed by atoms with Crippen LogP contribution in [0.25, 0.3) is 0 Å². The third-order valence-corrected chi connectivity index (χ3v) is 19.1. The zero-order valence-electron chi connectivity index (χ0n) is 39.1. The average Bonchev–Trinajstić information content (AvgIpc) is 3.39. The van der Waals surface area contributed by atoms with E-state index in [1.807, 2.05) is 18.2 Å². The van der Waals surface area contributed by atoms with Gasteiger partial charge in [-0.1, -0.05) is 263 Å². The van der Waals surface area contributed by atoms with Crippen LogP contribution in [0.15, 0.2) is 248 Å². The molecule has 0 amide bonds. The molecule has 8 aromatic rings. The standard InChI is InChI=1S/C61H60O5SSi/c1-60(2,3)68(53-40-24-10-25-41-53,54-42-26-11-27-43-54)66-57-56(62-44-47-28-12-4-13-29-47)55(65-59(67-52-38-22-9-23-39-52)58(57)63-45-48-30-14-5-15-31-48)46-64-61(49-32-16-6-17-33-49,50-34-18-7-19-35-50)51-36-20-8-21-37-51/h4-43,55-59H,44-46H2,1-3H3/t55-,56-,57+,58+,59-/m1/s1. The molecule has 1 aliphatic heterocycles. The first-order chi connectivity index (χ1) is 33.3. The third kappa shape index (κ3) is 10.4. The van der Waals surface area contributed by atoms with Gasteiger partial charge in [-0.2, -0.15) is 0 Å². The first-order valence-electron chi connectivity index (χ1n) is 23.6. The lowest BCUT2D eigenvalue weighted by atomic mass is 9.80. The average molecular weight is 933 g/mol. The Morgan fingerprint density at radius 3 is 1.22 bits per heavy atom. The van der Waals surface area contributed by atoms with Gasteiger partial charge in [0, 0.05) is 4.90 Å². The summed E-state index contributed by atoms with van der Waals surface area (Å²) in [6, 6.07) is 84.4. The van der Waals surface area contributed by atoms with E-state index in [2.05, 4.69) is 245 Å². The predicted octanol–water partition coefficient (Wildman–Crippen LogP) is 12.6. The minimum atomic E-state index is -3.27. The molecule has 1 aliphatic rings. The first-order valence-corrected chi connectivity index (χ1v) is 26.4. The van der Waals surface area contributed by atoms with E-state index in [0.29, 0.717) is 13.2 Å². The molecule has 1 heterocycles. The van der Waals surface area contributed by atoms with E-state index in [9.17, 15) is 0 Å². The second-order valence-corrected chi connectivity index (χ2v) is 23.8. The van der Waals surface area contributed by atoms with Gasteiger partial charge in [0.15, 0.2) is 0 Å². The maximum atomic E-state index is 8.34. The fourth-order valence-corrected chi connectivity index (χ4v) is 15.5. The van der Waals surface area contributed by atoms with E-state index >= 15 is 0 Å². The molecule has 0 aliphatic carbocycles. The number of thioether (sulfide) groups is 1. The van der Waals surface area contributed by atoms with Crippen molar-refractivity contribution in [2.45, 2.75) is 79.4 Å². The summed E-state index contributed by atoms with van der Waals surface area (Å²) in [7, 11) is -3.27. The van der Waals surface area contributed by atoms with Crippen LogP contribution in [-0.2, 0) is 42.2 Å². The van der Waals surface area contributed by atoms with Crippen molar-refractivity contribution in [3.8, 4) is 0 Å². The van der Waals surface area contributed by atoms with Crippen molar-refractivity contribution >= 4 is 30.5 Å². The van der Waals surface area contributed by atoms with E-state index in [1.165, 1.54) is 10.4 Å². The molecule has 0 N–H and O–H groups in total. The van der Waals surface area contributed by atoms with E-state index in [1.54, 1.807) is 11.8 Å². The molecular formula is C61H60O5SSi. The fourth-order valence-electron chi connectivity index (χ4n) is 9.66. The number of benzene rings is 8. The maximum absolute atomic E-state index is 8.34. The topological polar surface area (TPSA) is 46.2 Å². The normalized spacial score (nSPS) is 18.8. The molecular weight excluding hydrogens is 873 g/mol. The van der Waals surface area contributed by atoms with E-state index in [0.717, 1.165) is 32.7 Å². The van der Waals surface area contributed by atoms with Gasteiger partial charge in [-0.25, -0.2) is 0 Å². The van der Waals surface area contributed by atoms with Crippen molar-refractivity contribution in [3.63, 3.8) is 0 Å². The van der Waals surface area contributed by atoms with Crippen LogP contribution < -0.4 is 10.4 Å². The molecule has 0 bridgehead atoms. The Kier molecular flexibility index (Phi) is 15.3. The van der Waals surface area contributed by atoms with Crippen LogP contribution in [0, 0.1) is 0 Å². The lowest BCUT2D eigenvalue weighted by Crippen LogP contribution is -2.72. The van der Waals surface area contributed by atoms with Crippen molar-refractivity contribution < 1.29 is 23.4 Å². The highest BCUT2D eigenvalue weighted by Gasteiger charge is 2.58. The van der Waals surface area contributed by atoms with Crippen molar-refractivity contribution in [3.05, 3.63) is 270 Å². The fraction of sp³-hybridized carbons (Fsp3) is 0.213. The van der Waals surface area contributed by atoms with E-state index < -0.39 is 43.8 Å². The predicted molar refractivity (Wildman–Crippen MR) is 279 cm³/mol. The summed E-state index contributed by atoms with van der Waals surface area (Å²) in [5, 5.41) is 1.99. The highest BCUT2D eigenvalue weighted by Crippen LogP contribution is 2.46. The SMILES string of the molecule is CC(C)(C)[Si](O[C@@H]1[C@H](OCc2ccccc2)[C@@H](Sc2ccccc2)O[C@H](COC(c2ccccc2)(c2ccccc2)c2ccccc2)[C@H]1OCc1ccccc1)(c1ccccc1)c1ccccc1. The molecule has 8 aromatic carbocycles. The zero-order chi connectivity index (χ0) is 46.7. The van der Waals surface area contributed by atoms with Crippen molar-refractivity contribution in [1.29, 1.82) is 0 Å². The summed E-state index contributed by atoms with van der Waals surface area (Å²) < 4.78 is 38.3.